The Bertz CT molecular complexity index is 1150. The number of carbonyl (C=O) groups excluding carboxylic acids is 2. The van der Waals surface area contributed by atoms with Crippen molar-refractivity contribution < 1.29 is 18.0 Å². The number of sulfonamides is 1. The highest BCUT2D eigenvalue weighted by atomic mass is 79.9. The summed E-state index contributed by atoms with van der Waals surface area (Å²) in [5.74, 6) is -0.324. The van der Waals surface area contributed by atoms with Gasteiger partial charge in [0.2, 0.25) is 21.8 Å². The van der Waals surface area contributed by atoms with Crippen LogP contribution in [0, 0.1) is 6.92 Å². The fraction of sp³-hybridized carbons (Fsp3) is 0.481. The minimum absolute atomic E-state index is 0.134. The summed E-state index contributed by atoms with van der Waals surface area (Å²) in [5, 5.41) is 3.10. The van der Waals surface area contributed by atoms with Crippen LogP contribution < -0.4 is 9.62 Å². The lowest BCUT2D eigenvalue weighted by atomic mass is 10.1. The van der Waals surface area contributed by atoms with Gasteiger partial charge in [0.15, 0.2) is 0 Å². The van der Waals surface area contributed by atoms with Gasteiger partial charge in [-0.2, -0.15) is 0 Å². The second kappa shape index (κ2) is 12.7. The smallest absolute Gasteiger partial charge is 0.242 e. The minimum Gasteiger partial charge on any atom is -0.352 e. The van der Waals surface area contributed by atoms with Gasteiger partial charge in [-0.1, -0.05) is 53.0 Å². The summed E-state index contributed by atoms with van der Waals surface area (Å²) in [4.78, 5) is 28.0. The molecule has 0 spiro atoms. The quantitative estimate of drug-likeness (QED) is 0.416. The lowest BCUT2D eigenvalue weighted by molar-refractivity contribution is -0.141. The second-order valence-electron chi connectivity index (χ2n) is 9.59. The molecule has 2 aromatic rings. The number of nitrogens with one attached hydrogen (secondary N) is 1. The third-order valence-corrected chi connectivity index (χ3v) is 8.30. The number of rotatable bonds is 11. The van der Waals surface area contributed by atoms with Gasteiger partial charge in [-0.05, 0) is 68.5 Å². The predicted molar refractivity (Wildman–Crippen MR) is 147 cm³/mol. The zero-order valence-corrected chi connectivity index (χ0v) is 23.6. The van der Waals surface area contributed by atoms with Gasteiger partial charge in [-0.25, -0.2) is 8.42 Å². The molecule has 1 aliphatic carbocycles. The van der Waals surface area contributed by atoms with E-state index < -0.39 is 16.1 Å². The van der Waals surface area contributed by atoms with Gasteiger partial charge in [-0.15, -0.1) is 0 Å². The molecule has 1 saturated carbocycles. The predicted octanol–water partition coefficient (Wildman–Crippen LogP) is 4.78. The van der Waals surface area contributed by atoms with Crippen LogP contribution in [0.2, 0.25) is 0 Å². The van der Waals surface area contributed by atoms with Gasteiger partial charge in [0.25, 0.3) is 0 Å². The van der Waals surface area contributed by atoms with E-state index in [9.17, 15) is 18.0 Å². The number of benzene rings is 2. The van der Waals surface area contributed by atoms with Gasteiger partial charge in [0.05, 0.1) is 11.9 Å². The molecule has 0 unspecified atom stereocenters. The zero-order valence-electron chi connectivity index (χ0n) is 21.2. The maximum Gasteiger partial charge on any atom is 0.242 e. The van der Waals surface area contributed by atoms with Crippen LogP contribution in [-0.4, -0.2) is 50.0 Å². The number of halogens is 1. The molecule has 0 aromatic heterocycles. The molecule has 7 nitrogen and oxygen atoms in total. The van der Waals surface area contributed by atoms with Gasteiger partial charge >= 0.3 is 0 Å². The molecular formula is C27H36BrN3O4S. The summed E-state index contributed by atoms with van der Waals surface area (Å²) >= 11 is 3.43. The molecule has 1 aliphatic rings. The van der Waals surface area contributed by atoms with E-state index in [1.807, 2.05) is 49.4 Å². The molecule has 1 fully saturated rings. The van der Waals surface area contributed by atoms with Crippen molar-refractivity contribution in [3.05, 3.63) is 64.1 Å². The summed E-state index contributed by atoms with van der Waals surface area (Å²) in [7, 11) is -3.51. The Labute approximate surface area is 223 Å². The maximum absolute atomic E-state index is 13.4. The number of hydrogen-bond donors (Lipinski definition) is 1. The van der Waals surface area contributed by atoms with Crippen LogP contribution >= 0.6 is 15.9 Å². The van der Waals surface area contributed by atoms with Crippen molar-refractivity contribution in [2.24, 2.45) is 0 Å². The molecule has 36 heavy (non-hydrogen) atoms. The summed E-state index contributed by atoms with van der Waals surface area (Å²) in [6.45, 7) is 4.16. The molecule has 0 bridgehead atoms. The van der Waals surface area contributed by atoms with Crippen molar-refractivity contribution in [3.8, 4) is 0 Å². The van der Waals surface area contributed by atoms with Gasteiger partial charge in [0.1, 0.15) is 6.04 Å². The van der Waals surface area contributed by atoms with Crippen LogP contribution in [0.3, 0.4) is 0 Å². The average molecular weight is 579 g/mol. The van der Waals surface area contributed by atoms with Crippen molar-refractivity contribution >= 4 is 43.5 Å². The number of hydrogen-bond acceptors (Lipinski definition) is 4. The summed E-state index contributed by atoms with van der Waals surface area (Å²) < 4.78 is 27.2. The molecule has 0 saturated heterocycles. The van der Waals surface area contributed by atoms with Crippen molar-refractivity contribution in [2.45, 2.75) is 71.0 Å². The van der Waals surface area contributed by atoms with Crippen LogP contribution in [0.25, 0.3) is 0 Å². The average Bonchev–Trinajstić information content (AvgIpc) is 3.33. The molecule has 3 rings (SSSR count). The first-order chi connectivity index (χ1) is 17.0. The Balaban J connectivity index is 1.71. The van der Waals surface area contributed by atoms with Crippen LogP contribution in [0.5, 0.6) is 0 Å². The highest BCUT2D eigenvalue weighted by Crippen LogP contribution is 2.21. The zero-order chi connectivity index (χ0) is 26.3. The standard InChI is InChI=1S/C27H36BrN3O4S/c1-20-8-6-11-25(18-20)31(36(3,34)35)17-7-12-26(32)30(19-22-13-15-23(28)16-14-22)21(2)27(33)29-24-9-4-5-10-24/h6,8,11,13-16,18,21,24H,4-5,7,9-10,12,17,19H2,1-3H3,(H,29,33)/t21-/m1/s1. The van der Waals surface area contributed by atoms with E-state index in [4.69, 9.17) is 0 Å². The van der Waals surface area contributed by atoms with Crippen molar-refractivity contribution in [2.75, 3.05) is 17.1 Å². The van der Waals surface area contributed by atoms with Gasteiger partial charge in [0, 0.05) is 30.0 Å². The number of carbonyl (C=O) groups is 2. The van der Waals surface area contributed by atoms with Crippen molar-refractivity contribution in [3.63, 3.8) is 0 Å². The van der Waals surface area contributed by atoms with Crippen LogP contribution in [-0.2, 0) is 26.2 Å². The van der Waals surface area contributed by atoms with Gasteiger partial charge in [-0.3, -0.25) is 13.9 Å². The Kier molecular flexibility index (Phi) is 9.96. The van der Waals surface area contributed by atoms with E-state index in [1.165, 1.54) is 10.6 Å². The molecule has 196 valence electrons. The molecule has 0 radical (unpaired) electrons. The van der Waals surface area contributed by atoms with Crippen LogP contribution in [0.1, 0.15) is 56.6 Å². The number of amides is 2. The molecule has 9 heteroatoms. The molecule has 0 aliphatic heterocycles. The van der Waals surface area contributed by atoms with E-state index >= 15 is 0 Å². The second-order valence-corrected chi connectivity index (χ2v) is 12.4. The van der Waals surface area contributed by atoms with Gasteiger partial charge < -0.3 is 10.2 Å². The lowest BCUT2D eigenvalue weighted by Crippen LogP contribution is -2.49. The maximum atomic E-state index is 13.4. The topological polar surface area (TPSA) is 86.8 Å². The third kappa shape index (κ3) is 8.06. The number of nitrogens with zero attached hydrogens (tertiary/aromatic N) is 2. The normalized spacial score (nSPS) is 14.9. The Hall–Kier alpha value is -2.39. The first-order valence-corrected chi connectivity index (χ1v) is 15.1. The first-order valence-electron chi connectivity index (χ1n) is 12.4. The van der Waals surface area contributed by atoms with E-state index in [0.29, 0.717) is 18.7 Å². The first kappa shape index (κ1) is 28.2. The Morgan fingerprint density at radius 2 is 1.78 bits per heavy atom. The Morgan fingerprint density at radius 1 is 1.11 bits per heavy atom. The molecule has 2 amide bonds. The SMILES string of the molecule is Cc1cccc(N(CCCC(=O)N(Cc2ccc(Br)cc2)[C@H](C)C(=O)NC2CCCC2)S(C)(=O)=O)c1. The lowest BCUT2D eigenvalue weighted by Gasteiger charge is -2.30. The molecule has 1 atom stereocenters. The third-order valence-electron chi connectivity index (χ3n) is 6.58. The van der Waals surface area contributed by atoms with Crippen molar-refractivity contribution in [1.29, 1.82) is 0 Å². The fourth-order valence-corrected chi connectivity index (χ4v) is 5.77. The molecule has 0 heterocycles. The van der Waals surface area contributed by atoms with Crippen molar-refractivity contribution in [1.82, 2.24) is 10.2 Å². The van der Waals surface area contributed by atoms with Crippen LogP contribution in [0.15, 0.2) is 53.0 Å². The number of aryl methyl sites for hydroxylation is 1. The fourth-order valence-electron chi connectivity index (χ4n) is 4.55. The highest BCUT2D eigenvalue weighted by molar-refractivity contribution is 9.10. The van der Waals surface area contributed by atoms with E-state index in [0.717, 1.165) is 41.3 Å². The summed E-state index contributed by atoms with van der Waals surface area (Å²) in [6.07, 6.45) is 5.81. The van der Waals surface area contributed by atoms with E-state index in [-0.39, 0.29) is 30.8 Å². The molecular weight excluding hydrogens is 542 g/mol. The molecule has 1 N–H and O–H groups in total. The monoisotopic (exact) mass is 577 g/mol. The minimum atomic E-state index is -3.51. The largest absolute Gasteiger partial charge is 0.352 e. The highest BCUT2D eigenvalue weighted by Gasteiger charge is 2.28. The summed E-state index contributed by atoms with van der Waals surface area (Å²) in [5.41, 5.74) is 2.46. The van der Waals surface area contributed by atoms with E-state index in [2.05, 4.69) is 21.2 Å². The Morgan fingerprint density at radius 3 is 2.39 bits per heavy atom. The summed E-state index contributed by atoms with van der Waals surface area (Å²) in [6, 6.07) is 14.5. The van der Waals surface area contributed by atoms with Crippen LogP contribution in [0.4, 0.5) is 5.69 Å². The molecule has 2 aromatic carbocycles. The van der Waals surface area contributed by atoms with E-state index in [1.54, 1.807) is 17.9 Å². The number of anilines is 1.